The fourth-order valence-corrected chi connectivity index (χ4v) is 4.46. The van der Waals surface area contributed by atoms with Crippen molar-refractivity contribution >= 4 is 40.1 Å². The molecule has 8 heteroatoms. The van der Waals surface area contributed by atoms with Crippen LogP contribution in [0, 0.1) is 19.7 Å². The van der Waals surface area contributed by atoms with Crippen molar-refractivity contribution in [1.29, 1.82) is 0 Å². The Morgan fingerprint density at radius 1 is 1.19 bits per heavy atom. The van der Waals surface area contributed by atoms with Crippen molar-refractivity contribution in [2.75, 3.05) is 25.6 Å². The second-order valence-corrected chi connectivity index (χ2v) is 8.51. The molecule has 0 aromatic heterocycles. The second-order valence-electron chi connectivity index (χ2n) is 7.34. The second kappa shape index (κ2) is 10.5. The monoisotopic (exact) mass is 443 g/mol. The number of carbonyl (C=O) groups is 2. The summed E-state index contributed by atoms with van der Waals surface area (Å²) in [4.78, 5) is 32.0. The summed E-state index contributed by atoms with van der Waals surface area (Å²) in [7, 11) is 1.62. The van der Waals surface area contributed by atoms with Crippen molar-refractivity contribution in [2.24, 2.45) is 4.99 Å². The summed E-state index contributed by atoms with van der Waals surface area (Å²) in [5, 5.41) is 2.75. The molecule has 3 rings (SSSR count). The number of aryl methyl sites for hydroxylation is 2. The lowest BCUT2D eigenvalue weighted by Crippen LogP contribution is -2.34. The third-order valence-corrected chi connectivity index (χ3v) is 6.07. The Bertz CT molecular complexity index is 958. The van der Waals surface area contributed by atoms with Crippen LogP contribution >= 0.6 is 11.8 Å². The average Bonchev–Trinajstić information content (AvgIpc) is 3.01. The number of halogens is 1. The van der Waals surface area contributed by atoms with Crippen molar-refractivity contribution in [1.82, 2.24) is 4.90 Å². The molecule has 31 heavy (non-hydrogen) atoms. The van der Waals surface area contributed by atoms with Gasteiger partial charge in [0, 0.05) is 32.4 Å². The molecule has 1 N–H and O–H groups in total. The molecule has 1 heterocycles. The summed E-state index contributed by atoms with van der Waals surface area (Å²) in [5.41, 5.74) is 3.37. The van der Waals surface area contributed by atoms with Crippen molar-refractivity contribution < 1.29 is 18.7 Å². The van der Waals surface area contributed by atoms with Crippen LogP contribution in [-0.2, 0) is 14.3 Å². The van der Waals surface area contributed by atoms with Gasteiger partial charge < -0.3 is 10.1 Å². The Kier molecular flexibility index (Phi) is 7.81. The number of ether oxygens (including phenoxy) is 1. The van der Waals surface area contributed by atoms with Crippen LogP contribution in [0.2, 0.25) is 0 Å². The van der Waals surface area contributed by atoms with Gasteiger partial charge >= 0.3 is 0 Å². The van der Waals surface area contributed by atoms with Crippen molar-refractivity contribution in [2.45, 2.75) is 31.9 Å². The molecular formula is C23H26FN3O3S. The number of amides is 2. The lowest BCUT2D eigenvalue weighted by molar-refractivity contribution is -0.128. The van der Waals surface area contributed by atoms with E-state index in [-0.39, 0.29) is 24.1 Å². The molecule has 1 aliphatic heterocycles. The first kappa shape index (κ1) is 23.0. The average molecular weight is 444 g/mol. The van der Waals surface area contributed by atoms with E-state index in [4.69, 9.17) is 9.73 Å². The summed E-state index contributed by atoms with van der Waals surface area (Å²) < 4.78 is 18.2. The van der Waals surface area contributed by atoms with E-state index >= 15 is 0 Å². The van der Waals surface area contributed by atoms with Gasteiger partial charge in [-0.1, -0.05) is 30.0 Å². The molecule has 1 aliphatic rings. The zero-order valence-electron chi connectivity index (χ0n) is 17.9. The van der Waals surface area contributed by atoms with Crippen LogP contribution in [-0.4, -0.2) is 47.4 Å². The Morgan fingerprint density at radius 3 is 2.52 bits per heavy atom. The summed E-state index contributed by atoms with van der Waals surface area (Å²) in [6.45, 7) is 4.97. The molecule has 2 amide bonds. The van der Waals surface area contributed by atoms with E-state index in [1.54, 1.807) is 12.0 Å². The normalized spacial score (nSPS) is 17.4. The molecule has 2 aromatic carbocycles. The zero-order valence-corrected chi connectivity index (χ0v) is 18.7. The van der Waals surface area contributed by atoms with Crippen molar-refractivity contribution in [3.05, 3.63) is 59.4 Å². The van der Waals surface area contributed by atoms with Gasteiger partial charge in [-0.15, -0.1) is 0 Å². The Morgan fingerprint density at radius 2 is 1.87 bits per heavy atom. The van der Waals surface area contributed by atoms with E-state index in [1.807, 2.05) is 32.0 Å². The molecule has 1 saturated heterocycles. The zero-order chi connectivity index (χ0) is 22.4. The quantitative estimate of drug-likeness (QED) is 0.613. The van der Waals surface area contributed by atoms with Crippen LogP contribution in [0.15, 0.2) is 47.5 Å². The van der Waals surface area contributed by atoms with Crippen LogP contribution in [0.5, 0.6) is 0 Å². The number of carbonyl (C=O) groups excluding carboxylic acids is 2. The Hall–Kier alpha value is -2.71. The molecule has 0 spiro atoms. The van der Waals surface area contributed by atoms with E-state index in [0.717, 1.165) is 16.8 Å². The molecular weight excluding hydrogens is 417 g/mol. The first-order valence-electron chi connectivity index (χ1n) is 10.1. The maximum atomic E-state index is 13.1. The highest BCUT2D eigenvalue weighted by atomic mass is 32.2. The molecule has 0 bridgehead atoms. The molecule has 0 aliphatic carbocycles. The van der Waals surface area contributed by atoms with E-state index in [2.05, 4.69) is 5.32 Å². The number of nitrogens with zero attached hydrogens (tertiary/aromatic N) is 2. The third-order valence-electron chi connectivity index (χ3n) is 4.90. The summed E-state index contributed by atoms with van der Waals surface area (Å²) in [6, 6.07) is 11.5. The van der Waals surface area contributed by atoms with Crippen molar-refractivity contribution in [3.8, 4) is 0 Å². The number of nitrogens with one attached hydrogen (secondary N) is 1. The van der Waals surface area contributed by atoms with E-state index in [9.17, 15) is 14.0 Å². The number of amidine groups is 1. The van der Waals surface area contributed by atoms with E-state index < -0.39 is 5.25 Å². The van der Waals surface area contributed by atoms with Crippen LogP contribution in [0.1, 0.15) is 24.0 Å². The van der Waals surface area contributed by atoms with Gasteiger partial charge in [0.2, 0.25) is 11.8 Å². The SMILES string of the molecule is COCCCN1C(=O)C(CC(=O)Nc2ccc(F)cc2)SC1=Nc1c(C)cccc1C. The lowest BCUT2D eigenvalue weighted by atomic mass is 10.1. The topological polar surface area (TPSA) is 71.0 Å². The van der Waals surface area contributed by atoms with Crippen LogP contribution in [0.25, 0.3) is 0 Å². The van der Waals surface area contributed by atoms with Crippen LogP contribution < -0.4 is 5.32 Å². The van der Waals surface area contributed by atoms with Gasteiger partial charge in [-0.2, -0.15) is 0 Å². The first-order chi connectivity index (χ1) is 14.9. The molecule has 6 nitrogen and oxygen atoms in total. The maximum Gasteiger partial charge on any atom is 0.242 e. The van der Waals surface area contributed by atoms with Crippen LogP contribution in [0.4, 0.5) is 15.8 Å². The molecule has 164 valence electrons. The third kappa shape index (κ3) is 5.92. The minimum atomic E-state index is -0.564. The fraction of sp³-hybridized carbons (Fsp3) is 0.348. The molecule has 0 saturated carbocycles. The number of thioether (sulfide) groups is 1. The number of rotatable bonds is 8. The number of aliphatic imine (C=N–C) groups is 1. The van der Waals surface area contributed by atoms with Gasteiger partial charge in [0.1, 0.15) is 11.1 Å². The van der Waals surface area contributed by atoms with Gasteiger partial charge in [-0.05, 0) is 55.7 Å². The molecule has 0 radical (unpaired) electrons. The first-order valence-corrected chi connectivity index (χ1v) is 10.9. The highest BCUT2D eigenvalue weighted by molar-refractivity contribution is 8.15. The minimum absolute atomic E-state index is 0.00737. The van der Waals surface area contributed by atoms with Gasteiger partial charge in [0.25, 0.3) is 0 Å². The number of para-hydroxylation sites is 1. The number of hydrogen-bond acceptors (Lipinski definition) is 5. The summed E-state index contributed by atoms with van der Waals surface area (Å²) >= 11 is 1.30. The standard InChI is InChI=1S/C23H26FN3O3S/c1-15-6-4-7-16(2)21(15)26-23-27(12-5-13-30-3)22(29)19(31-23)14-20(28)25-18-10-8-17(24)9-11-18/h4,6-11,19H,5,12-14H2,1-3H3,(H,25,28). The van der Waals surface area contributed by atoms with Crippen molar-refractivity contribution in [3.63, 3.8) is 0 Å². The lowest BCUT2D eigenvalue weighted by Gasteiger charge is -2.17. The highest BCUT2D eigenvalue weighted by Crippen LogP contribution is 2.34. The molecule has 1 unspecified atom stereocenters. The van der Waals surface area contributed by atoms with Gasteiger partial charge in [-0.3, -0.25) is 14.5 Å². The van der Waals surface area contributed by atoms with Gasteiger partial charge in [0.05, 0.1) is 5.69 Å². The number of hydrogen-bond donors (Lipinski definition) is 1. The van der Waals surface area contributed by atoms with Crippen LogP contribution in [0.3, 0.4) is 0 Å². The van der Waals surface area contributed by atoms with E-state index in [0.29, 0.717) is 30.4 Å². The summed E-state index contributed by atoms with van der Waals surface area (Å²) in [5.74, 6) is -0.818. The van der Waals surface area contributed by atoms with Gasteiger partial charge in [-0.25, -0.2) is 9.38 Å². The number of benzene rings is 2. The maximum absolute atomic E-state index is 13.1. The van der Waals surface area contributed by atoms with Gasteiger partial charge in [0.15, 0.2) is 5.17 Å². The smallest absolute Gasteiger partial charge is 0.242 e. The minimum Gasteiger partial charge on any atom is -0.385 e. The molecule has 2 aromatic rings. The number of anilines is 1. The molecule has 1 atom stereocenters. The van der Waals surface area contributed by atoms with E-state index in [1.165, 1.54) is 36.0 Å². The predicted molar refractivity (Wildman–Crippen MR) is 122 cm³/mol. The molecule has 1 fully saturated rings. The highest BCUT2D eigenvalue weighted by Gasteiger charge is 2.39. The number of methoxy groups -OCH3 is 1. The Labute approximate surface area is 185 Å². The predicted octanol–water partition coefficient (Wildman–Crippen LogP) is 4.44. The Balaban J connectivity index is 1.77. The summed E-state index contributed by atoms with van der Waals surface area (Å²) in [6.07, 6.45) is 0.677. The fourth-order valence-electron chi connectivity index (χ4n) is 3.29. The largest absolute Gasteiger partial charge is 0.385 e.